The topological polar surface area (TPSA) is 59.0 Å². The lowest BCUT2D eigenvalue weighted by Crippen LogP contribution is -2.41. The van der Waals surface area contributed by atoms with Crippen molar-refractivity contribution in [2.75, 3.05) is 46.0 Å². The predicted octanol–water partition coefficient (Wildman–Crippen LogP) is 2.56. The number of rotatable bonds is 5. The van der Waals surface area contributed by atoms with E-state index in [0.717, 1.165) is 57.7 Å². The summed E-state index contributed by atoms with van der Waals surface area (Å²) in [5.41, 5.74) is -0.661. The molecular weight excluding hydrogens is 361 g/mol. The van der Waals surface area contributed by atoms with Gasteiger partial charge in [0.25, 0.3) is 0 Å². The molecule has 6 nitrogen and oxygen atoms in total. The summed E-state index contributed by atoms with van der Waals surface area (Å²) in [5.74, 6) is 0.357. The fourth-order valence-electron chi connectivity index (χ4n) is 3.53. The van der Waals surface area contributed by atoms with Crippen molar-refractivity contribution in [1.82, 2.24) is 15.2 Å². The zero-order valence-corrected chi connectivity index (χ0v) is 15.4. The van der Waals surface area contributed by atoms with Crippen LogP contribution in [0.4, 0.5) is 13.2 Å². The molecule has 0 radical (unpaired) electrons. The fourth-order valence-corrected chi connectivity index (χ4v) is 3.53. The predicted molar refractivity (Wildman–Crippen MR) is 94.8 cm³/mol. The van der Waals surface area contributed by atoms with Gasteiger partial charge in [-0.15, -0.1) is 0 Å². The third kappa shape index (κ3) is 4.82. The Bertz CT molecular complexity index is 660. The highest BCUT2D eigenvalue weighted by Gasteiger charge is 2.42. The summed E-state index contributed by atoms with van der Waals surface area (Å²) in [5, 5.41) is 3.25. The van der Waals surface area contributed by atoms with E-state index in [1.807, 2.05) is 6.92 Å². The summed E-state index contributed by atoms with van der Waals surface area (Å²) in [6, 6.07) is 2.20. The first kappa shape index (κ1) is 19.7. The molecule has 0 aromatic carbocycles. The van der Waals surface area contributed by atoms with Crippen LogP contribution >= 0.6 is 0 Å². The smallest absolute Gasteiger partial charge is 0.421 e. The molecule has 1 aromatic heterocycles. The number of likely N-dealkylation sites (tertiary alicyclic amines) is 1. The maximum absolute atomic E-state index is 13.0. The van der Waals surface area contributed by atoms with Crippen LogP contribution in [0, 0.1) is 5.41 Å². The van der Waals surface area contributed by atoms with Crippen LogP contribution in [0.1, 0.15) is 25.3 Å². The van der Waals surface area contributed by atoms with Gasteiger partial charge in [0.1, 0.15) is 12.2 Å². The van der Waals surface area contributed by atoms with Crippen LogP contribution in [-0.2, 0) is 10.9 Å². The lowest BCUT2D eigenvalue weighted by atomic mass is 9.87. The van der Waals surface area contributed by atoms with E-state index < -0.39 is 17.6 Å². The van der Waals surface area contributed by atoms with Gasteiger partial charge in [-0.3, -0.25) is 0 Å². The van der Waals surface area contributed by atoms with Crippen molar-refractivity contribution in [2.24, 2.45) is 10.4 Å². The molecule has 1 atom stereocenters. The maximum Gasteiger partial charge on any atom is 0.421 e. The van der Waals surface area contributed by atoms with E-state index in [0.29, 0.717) is 0 Å². The van der Waals surface area contributed by atoms with Crippen molar-refractivity contribution in [3.05, 3.63) is 23.9 Å². The molecular formula is C18H25F3N4O2. The Balaban J connectivity index is 1.57. The standard InChI is InChI=1S/C18H25F3N4O2/c1-2-22-16(25-9-5-17(12-25)6-10-26-13-17)24-8-11-27-15-14(18(19,20)21)4-3-7-23-15/h3-4,7H,2,5-6,8-13H2,1H3,(H,22,24). The minimum Gasteiger partial charge on any atom is -0.475 e. The number of pyridine rings is 1. The Morgan fingerprint density at radius 2 is 2.30 bits per heavy atom. The van der Waals surface area contributed by atoms with Crippen molar-refractivity contribution in [3.63, 3.8) is 0 Å². The quantitative estimate of drug-likeness (QED) is 0.479. The number of aliphatic imine (C=N–C) groups is 1. The second-order valence-electron chi connectivity index (χ2n) is 6.91. The highest BCUT2D eigenvalue weighted by Crippen LogP contribution is 2.38. The molecule has 1 spiro atoms. The maximum atomic E-state index is 13.0. The average molecular weight is 386 g/mol. The molecule has 1 N–H and O–H groups in total. The summed E-state index contributed by atoms with van der Waals surface area (Å²) in [6.07, 6.45) is -1.08. The summed E-state index contributed by atoms with van der Waals surface area (Å²) in [6.45, 7) is 6.35. The van der Waals surface area contributed by atoms with E-state index in [1.54, 1.807) is 0 Å². The monoisotopic (exact) mass is 386 g/mol. The number of guanidine groups is 1. The molecule has 3 rings (SSSR count). The Morgan fingerprint density at radius 3 is 3.00 bits per heavy atom. The van der Waals surface area contributed by atoms with E-state index in [1.165, 1.54) is 12.3 Å². The van der Waals surface area contributed by atoms with Crippen molar-refractivity contribution in [1.29, 1.82) is 0 Å². The van der Waals surface area contributed by atoms with Crippen molar-refractivity contribution < 1.29 is 22.6 Å². The van der Waals surface area contributed by atoms with Gasteiger partial charge < -0.3 is 19.7 Å². The van der Waals surface area contributed by atoms with Crippen LogP contribution in [-0.4, -0.2) is 61.8 Å². The Hall–Kier alpha value is -2.03. The molecule has 0 amide bonds. The van der Waals surface area contributed by atoms with Crippen LogP contribution < -0.4 is 10.1 Å². The number of nitrogens with zero attached hydrogens (tertiary/aromatic N) is 3. The number of nitrogens with one attached hydrogen (secondary N) is 1. The summed E-state index contributed by atoms with van der Waals surface area (Å²) < 4.78 is 49.7. The van der Waals surface area contributed by atoms with Gasteiger partial charge in [-0.25, -0.2) is 9.98 Å². The van der Waals surface area contributed by atoms with Gasteiger partial charge in [0.2, 0.25) is 5.88 Å². The minimum atomic E-state index is -4.49. The first-order valence-electron chi connectivity index (χ1n) is 9.20. The number of aromatic nitrogens is 1. The fraction of sp³-hybridized carbons (Fsp3) is 0.667. The first-order chi connectivity index (χ1) is 12.9. The number of ether oxygens (including phenoxy) is 2. The number of hydrogen-bond acceptors (Lipinski definition) is 4. The molecule has 27 heavy (non-hydrogen) atoms. The summed E-state index contributed by atoms with van der Waals surface area (Å²) >= 11 is 0. The van der Waals surface area contributed by atoms with E-state index in [9.17, 15) is 13.2 Å². The number of alkyl halides is 3. The Morgan fingerprint density at radius 1 is 1.44 bits per heavy atom. The second kappa shape index (κ2) is 8.33. The molecule has 1 unspecified atom stereocenters. The van der Waals surface area contributed by atoms with E-state index in [4.69, 9.17) is 9.47 Å². The molecule has 2 aliphatic heterocycles. The third-order valence-corrected chi connectivity index (χ3v) is 4.93. The van der Waals surface area contributed by atoms with E-state index in [2.05, 4.69) is 20.2 Å². The van der Waals surface area contributed by atoms with Crippen LogP contribution in [0.3, 0.4) is 0 Å². The highest BCUT2D eigenvalue weighted by molar-refractivity contribution is 5.80. The van der Waals surface area contributed by atoms with Gasteiger partial charge in [0.15, 0.2) is 5.96 Å². The van der Waals surface area contributed by atoms with Crippen LogP contribution in [0.25, 0.3) is 0 Å². The Kier molecular flexibility index (Phi) is 6.08. The van der Waals surface area contributed by atoms with Crippen molar-refractivity contribution in [3.8, 4) is 5.88 Å². The molecule has 3 heterocycles. The molecule has 150 valence electrons. The van der Waals surface area contributed by atoms with Crippen LogP contribution in [0.5, 0.6) is 5.88 Å². The van der Waals surface area contributed by atoms with Gasteiger partial charge in [0, 0.05) is 37.9 Å². The second-order valence-corrected chi connectivity index (χ2v) is 6.91. The van der Waals surface area contributed by atoms with E-state index in [-0.39, 0.29) is 18.6 Å². The van der Waals surface area contributed by atoms with Crippen LogP contribution in [0.2, 0.25) is 0 Å². The molecule has 2 saturated heterocycles. The van der Waals surface area contributed by atoms with E-state index >= 15 is 0 Å². The molecule has 2 aliphatic rings. The summed E-state index contributed by atoms with van der Waals surface area (Å²) in [7, 11) is 0. The van der Waals surface area contributed by atoms with Gasteiger partial charge in [-0.05, 0) is 31.9 Å². The van der Waals surface area contributed by atoms with Gasteiger partial charge in [-0.1, -0.05) is 0 Å². The van der Waals surface area contributed by atoms with Gasteiger partial charge in [0.05, 0.1) is 13.2 Å². The van der Waals surface area contributed by atoms with Crippen LogP contribution in [0.15, 0.2) is 23.3 Å². The lowest BCUT2D eigenvalue weighted by Gasteiger charge is -2.25. The molecule has 9 heteroatoms. The number of hydrogen-bond donors (Lipinski definition) is 1. The number of halogens is 3. The molecule has 0 aliphatic carbocycles. The largest absolute Gasteiger partial charge is 0.475 e. The molecule has 0 saturated carbocycles. The Labute approximate surface area is 156 Å². The van der Waals surface area contributed by atoms with Crippen molar-refractivity contribution in [2.45, 2.75) is 25.9 Å². The third-order valence-electron chi connectivity index (χ3n) is 4.93. The van der Waals surface area contributed by atoms with Gasteiger partial charge >= 0.3 is 6.18 Å². The van der Waals surface area contributed by atoms with Gasteiger partial charge in [-0.2, -0.15) is 13.2 Å². The SMILES string of the molecule is CCNC(=NCCOc1ncccc1C(F)(F)F)N1CCC2(CCOC2)C1. The first-order valence-corrected chi connectivity index (χ1v) is 9.20. The average Bonchev–Trinajstić information content (AvgIpc) is 3.27. The summed E-state index contributed by atoms with van der Waals surface area (Å²) in [4.78, 5) is 10.4. The lowest BCUT2D eigenvalue weighted by molar-refractivity contribution is -0.139. The molecule has 1 aromatic rings. The van der Waals surface area contributed by atoms with Crippen molar-refractivity contribution >= 4 is 5.96 Å². The molecule has 2 fully saturated rings. The molecule has 0 bridgehead atoms. The minimum absolute atomic E-state index is 0.0249. The normalized spacial score (nSPS) is 23.3. The zero-order valence-electron chi connectivity index (χ0n) is 15.4. The highest BCUT2D eigenvalue weighted by atomic mass is 19.4. The zero-order chi connectivity index (χ0) is 19.3.